The van der Waals surface area contributed by atoms with Crippen LogP contribution >= 0.6 is 11.6 Å². The minimum absolute atomic E-state index is 0.0627. The summed E-state index contributed by atoms with van der Waals surface area (Å²) in [5.41, 5.74) is 1.08. The molecule has 0 saturated heterocycles. The molecular weight excluding hydrogens is 296 g/mol. The number of nitrogens with zero attached hydrogens (tertiary/aromatic N) is 1. The van der Waals surface area contributed by atoms with Crippen molar-refractivity contribution in [1.29, 1.82) is 0 Å². The van der Waals surface area contributed by atoms with E-state index >= 15 is 0 Å². The number of rotatable bonds is 4. The second kappa shape index (κ2) is 5.49. The van der Waals surface area contributed by atoms with Crippen molar-refractivity contribution < 1.29 is 14.4 Å². The number of halogens is 1. The zero-order valence-electron chi connectivity index (χ0n) is 10.8. The van der Waals surface area contributed by atoms with Gasteiger partial charge in [0.25, 0.3) is 5.69 Å². The average Bonchev–Trinajstić information content (AvgIpc) is 2.94. The van der Waals surface area contributed by atoms with Crippen molar-refractivity contribution in [2.45, 2.75) is 6.54 Å². The number of hydrogen-bond acceptors (Lipinski definition) is 5. The fourth-order valence-electron chi connectivity index (χ4n) is 2.15. The molecule has 3 rings (SSSR count). The first-order chi connectivity index (χ1) is 10.2. The van der Waals surface area contributed by atoms with Crippen molar-refractivity contribution in [2.75, 3.05) is 12.1 Å². The maximum atomic E-state index is 11.0. The first kappa shape index (κ1) is 13.5. The Bertz CT molecular complexity index is 705. The molecule has 7 heteroatoms. The van der Waals surface area contributed by atoms with Crippen LogP contribution in [-0.2, 0) is 6.54 Å². The van der Waals surface area contributed by atoms with Gasteiger partial charge in [0.2, 0.25) is 6.79 Å². The van der Waals surface area contributed by atoms with Gasteiger partial charge in [-0.15, -0.1) is 0 Å². The number of nitro groups is 1. The van der Waals surface area contributed by atoms with E-state index in [1.807, 2.05) is 18.2 Å². The topological polar surface area (TPSA) is 73.6 Å². The van der Waals surface area contributed by atoms with Gasteiger partial charge in [-0.05, 0) is 12.1 Å². The van der Waals surface area contributed by atoms with E-state index in [0.717, 1.165) is 5.56 Å². The second-order valence-electron chi connectivity index (χ2n) is 4.40. The van der Waals surface area contributed by atoms with Crippen molar-refractivity contribution in [3.63, 3.8) is 0 Å². The van der Waals surface area contributed by atoms with Crippen molar-refractivity contribution in [3.05, 3.63) is 57.1 Å². The molecule has 1 aliphatic rings. The monoisotopic (exact) mass is 306 g/mol. The predicted octanol–water partition coefficient (Wildman–Crippen LogP) is 3.59. The first-order valence-electron chi connectivity index (χ1n) is 6.21. The molecule has 108 valence electrons. The van der Waals surface area contributed by atoms with Gasteiger partial charge in [0.15, 0.2) is 11.5 Å². The van der Waals surface area contributed by atoms with E-state index < -0.39 is 4.92 Å². The van der Waals surface area contributed by atoms with Gasteiger partial charge in [0.1, 0.15) is 5.69 Å². The van der Waals surface area contributed by atoms with Crippen LogP contribution in [0.4, 0.5) is 11.4 Å². The zero-order chi connectivity index (χ0) is 14.8. The highest BCUT2D eigenvalue weighted by Crippen LogP contribution is 2.37. The summed E-state index contributed by atoms with van der Waals surface area (Å²) in [5.74, 6) is 1.32. The van der Waals surface area contributed by atoms with E-state index in [4.69, 9.17) is 21.1 Å². The molecule has 0 bridgehead atoms. The maximum absolute atomic E-state index is 11.0. The van der Waals surface area contributed by atoms with Gasteiger partial charge < -0.3 is 14.8 Å². The van der Waals surface area contributed by atoms with E-state index in [2.05, 4.69) is 5.32 Å². The second-order valence-corrected chi connectivity index (χ2v) is 4.80. The summed E-state index contributed by atoms with van der Waals surface area (Å²) in [4.78, 5) is 10.6. The molecule has 1 N–H and O–H groups in total. The summed E-state index contributed by atoms with van der Waals surface area (Å²) < 4.78 is 10.7. The molecule has 1 aliphatic heterocycles. The molecule has 2 aromatic rings. The number of ether oxygens (including phenoxy) is 2. The molecular formula is C14H11ClN2O4. The Balaban J connectivity index is 1.86. The average molecular weight is 307 g/mol. The lowest BCUT2D eigenvalue weighted by Gasteiger charge is -2.10. The number of nitro benzene ring substituents is 1. The Kier molecular flexibility index (Phi) is 3.53. The molecule has 6 nitrogen and oxygen atoms in total. The van der Waals surface area contributed by atoms with Gasteiger partial charge in [-0.1, -0.05) is 29.8 Å². The zero-order valence-corrected chi connectivity index (χ0v) is 11.6. The van der Waals surface area contributed by atoms with Crippen LogP contribution in [0.1, 0.15) is 5.56 Å². The van der Waals surface area contributed by atoms with Crippen LogP contribution in [0.3, 0.4) is 0 Å². The fraction of sp³-hybridized carbons (Fsp3) is 0.143. The summed E-state index contributed by atoms with van der Waals surface area (Å²) in [6.07, 6.45) is 0. The van der Waals surface area contributed by atoms with Gasteiger partial charge in [-0.2, -0.15) is 0 Å². The Morgan fingerprint density at radius 3 is 2.86 bits per heavy atom. The third-order valence-corrected chi connectivity index (χ3v) is 3.44. The minimum Gasteiger partial charge on any atom is -0.454 e. The molecule has 0 atom stereocenters. The molecule has 1 heterocycles. The highest BCUT2D eigenvalue weighted by atomic mass is 35.5. The van der Waals surface area contributed by atoms with Gasteiger partial charge in [-0.25, -0.2) is 0 Å². The summed E-state index contributed by atoms with van der Waals surface area (Å²) in [7, 11) is 0. The summed E-state index contributed by atoms with van der Waals surface area (Å²) >= 11 is 6.03. The van der Waals surface area contributed by atoms with E-state index in [-0.39, 0.29) is 12.5 Å². The quantitative estimate of drug-likeness (QED) is 0.690. The molecule has 21 heavy (non-hydrogen) atoms. The SMILES string of the molecule is O=[N+]([O-])c1cccc(Cl)c1NCc1cccc2c1OCO2. The van der Waals surface area contributed by atoms with Crippen LogP contribution in [0.15, 0.2) is 36.4 Å². The van der Waals surface area contributed by atoms with Crippen molar-refractivity contribution in [2.24, 2.45) is 0 Å². The van der Waals surface area contributed by atoms with E-state index in [1.165, 1.54) is 6.07 Å². The summed E-state index contributed by atoms with van der Waals surface area (Å²) in [6, 6.07) is 10.1. The first-order valence-corrected chi connectivity index (χ1v) is 6.59. The Hall–Kier alpha value is -2.47. The smallest absolute Gasteiger partial charge is 0.293 e. The largest absolute Gasteiger partial charge is 0.454 e. The summed E-state index contributed by atoms with van der Waals surface area (Å²) in [5, 5.41) is 14.3. The normalized spacial score (nSPS) is 12.2. The van der Waals surface area contributed by atoms with Crippen LogP contribution in [0.5, 0.6) is 11.5 Å². The van der Waals surface area contributed by atoms with Crippen LogP contribution in [0.25, 0.3) is 0 Å². The number of benzene rings is 2. The lowest BCUT2D eigenvalue weighted by Crippen LogP contribution is -2.04. The number of hydrogen-bond donors (Lipinski definition) is 1. The molecule has 0 aliphatic carbocycles. The number of para-hydroxylation sites is 2. The molecule has 0 unspecified atom stereocenters. The highest BCUT2D eigenvalue weighted by molar-refractivity contribution is 6.33. The van der Waals surface area contributed by atoms with Crippen molar-refractivity contribution >= 4 is 23.0 Å². The van der Waals surface area contributed by atoms with Gasteiger partial charge >= 0.3 is 0 Å². The Morgan fingerprint density at radius 2 is 2.05 bits per heavy atom. The van der Waals surface area contributed by atoms with Crippen LogP contribution in [-0.4, -0.2) is 11.7 Å². The molecule has 0 spiro atoms. The van der Waals surface area contributed by atoms with E-state index in [1.54, 1.807) is 12.1 Å². The molecule has 0 saturated carbocycles. The third-order valence-electron chi connectivity index (χ3n) is 3.12. The Morgan fingerprint density at radius 1 is 1.24 bits per heavy atom. The lowest BCUT2D eigenvalue weighted by molar-refractivity contribution is -0.383. The van der Waals surface area contributed by atoms with Gasteiger partial charge in [0, 0.05) is 18.2 Å². The summed E-state index contributed by atoms with van der Waals surface area (Å²) in [6.45, 7) is 0.524. The number of fused-ring (bicyclic) bond motifs is 1. The van der Waals surface area contributed by atoms with Gasteiger partial charge in [0.05, 0.1) is 9.95 Å². The van der Waals surface area contributed by atoms with Crippen LogP contribution < -0.4 is 14.8 Å². The van der Waals surface area contributed by atoms with E-state index in [0.29, 0.717) is 28.8 Å². The van der Waals surface area contributed by atoms with Crippen molar-refractivity contribution in [3.8, 4) is 11.5 Å². The molecule has 0 aromatic heterocycles. The minimum atomic E-state index is -0.469. The fourth-order valence-corrected chi connectivity index (χ4v) is 2.39. The number of anilines is 1. The van der Waals surface area contributed by atoms with Gasteiger partial charge in [-0.3, -0.25) is 10.1 Å². The number of nitrogens with one attached hydrogen (secondary N) is 1. The molecule has 0 amide bonds. The van der Waals surface area contributed by atoms with Crippen LogP contribution in [0.2, 0.25) is 5.02 Å². The molecule has 0 fully saturated rings. The van der Waals surface area contributed by atoms with Crippen LogP contribution in [0, 0.1) is 10.1 Å². The Labute approximate surface area is 125 Å². The molecule has 0 radical (unpaired) electrons. The molecule has 2 aromatic carbocycles. The highest BCUT2D eigenvalue weighted by Gasteiger charge is 2.19. The maximum Gasteiger partial charge on any atom is 0.293 e. The lowest BCUT2D eigenvalue weighted by atomic mass is 10.1. The standard InChI is InChI=1S/C14H11ClN2O4/c15-10-4-2-5-11(17(18)19)13(10)16-7-9-3-1-6-12-14(9)21-8-20-12/h1-6,16H,7-8H2. The third kappa shape index (κ3) is 2.57. The predicted molar refractivity (Wildman–Crippen MR) is 78.0 cm³/mol. The van der Waals surface area contributed by atoms with E-state index in [9.17, 15) is 10.1 Å². The van der Waals surface area contributed by atoms with Crippen molar-refractivity contribution in [1.82, 2.24) is 0 Å².